The minimum atomic E-state index is -0.104. The molecule has 2 atom stereocenters. The van der Waals surface area contributed by atoms with E-state index in [0.717, 1.165) is 57.0 Å². The Bertz CT molecular complexity index is 716. The zero-order chi connectivity index (χ0) is 17.8. The fourth-order valence-electron chi connectivity index (χ4n) is 4.11. The molecule has 0 saturated carbocycles. The number of benzene rings is 1. The van der Waals surface area contributed by atoms with Gasteiger partial charge in [0.15, 0.2) is 0 Å². The molecule has 0 N–H and O–H groups in total. The van der Waals surface area contributed by atoms with Crippen molar-refractivity contribution in [2.24, 2.45) is 0 Å². The van der Waals surface area contributed by atoms with E-state index in [4.69, 9.17) is 9.47 Å². The van der Waals surface area contributed by atoms with E-state index < -0.39 is 0 Å². The molecule has 0 radical (unpaired) electrons. The predicted molar refractivity (Wildman–Crippen MR) is 99.6 cm³/mol. The van der Waals surface area contributed by atoms with Crippen LogP contribution < -0.4 is 0 Å². The number of likely N-dealkylation sites (tertiary alicyclic amines) is 1. The highest BCUT2D eigenvalue weighted by Gasteiger charge is 2.47. The van der Waals surface area contributed by atoms with E-state index >= 15 is 0 Å². The molecule has 2 saturated heterocycles. The summed E-state index contributed by atoms with van der Waals surface area (Å²) in [5.74, 6) is 0.826. The van der Waals surface area contributed by atoms with Crippen molar-refractivity contribution in [2.45, 2.75) is 51.0 Å². The SMILES string of the molecule is Cc1nccc(CN2CC[C@@]3(CCCO3)[C@@H](OCc3ccccc3)C2)n1. The molecule has 5 nitrogen and oxygen atoms in total. The molecular formula is C21H27N3O2. The third-order valence-electron chi connectivity index (χ3n) is 5.51. The first-order chi connectivity index (χ1) is 12.7. The lowest BCUT2D eigenvalue weighted by molar-refractivity contribution is -0.159. The van der Waals surface area contributed by atoms with Crippen LogP contribution in [0, 0.1) is 6.92 Å². The zero-order valence-electron chi connectivity index (χ0n) is 15.4. The number of rotatable bonds is 5. The Kier molecular flexibility index (Phi) is 5.29. The Morgan fingerprint density at radius 2 is 2.12 bits per heavy atom. The van der Waals surface area contributed by atoms with E-state index in [1.54, 1.807) is 0 Å². The summed E-state index contributed by atoms with van der Waals surface area (Å²) in [4.78, 5) is 11.2. The van der Waals surface area contributed by atoms with Crippen molar-refractivity contribution in [3.63, 3.8) is 0 Å². The molecule has 2 aromatic rings. The van der Waals surface area contributed by atoms with Crippen molar-refractivity contribution in [2.75, 3.05) is 19.7 Å². The topological polar surface area (TPSA) is 47.5 Å². The van der Waals surface area contributed by atoms with Crippen molar-refractivity contribution in [3.05, 3.63) is 59.7 Å². The summed E-state index contributed by atoms with van der Waals surface area (Å²) in [7, 11) is 0. The van der Waals surface area contributed by atoms with Crippen molar-refractivity contribution in [1.29, 1.82) is 0 Å². The Balaban J connectivity index is 1.44. The van der Waals surface area contributed by atoms with E-state index in [0.29, 0.717) is 6.61 Å². The third kappa shape index (κ3) is 3.95. The van der Waals surface area contributed by atoms with E-state index in [9.17, 15) is 0 Å². The number of piperidine rings is 1. The fraction of sp³-hybridized carbons (Fsp3) is 0.524. The molecule has 1 aromatic carbocycles. The standard InChI is InChI=1S/C21H27N3O2/c1-17-22-11-8-19(23-17)14-24-12-10-21(9-5-13-26-21)20(15-24)25-16-18-6-3-2-4-7-18/h2-4,6-8,11,20H,5,9-10,12-16H2,1H3/t20-,21-/m0/s1. The molecule has 0 bridgehead atoms. The van der Waals surface area contributed by atoms with E-state index in [2.05, 4.69) is 39.1 Å². The van der Waals surface area contributed by atoms with Crippen molar-refractivity contribution in [3.8, 4) is 0 Å². The van der Waals surface area contributed by atoms with Crippen LogP contribution in [0.3, 0.4) is 0 Å². The first-order valence-corrected chi connectivity index (χ1v) is 9.54. The largest absolute Gasteiger partial charge is 0.372 e. The summed E-state index contributed by atoms with van der Waals surface area (Å²) >= 11 is 0. The molecule has 0 amide bonds. The van der Waals surface area contributed by atoms with Gasteiger partial charge in [0.1, 0.15) is 5.82 Å². The summed E-state index contributed by atoms with van der Waals surface area (Å²) in [6.07, 6.45) is 5.20. The van der Waals surface area contributed by atoms with Crippen molar-refractivity contribution >= 4 is 0 Å². The quantitative estimate of drug-likeness (QED) is 0.826. The summed E-state index contributed by atoms with van der Waals surface area (Å²) < 4.78 is 12.6. The van der Waals surface area contributed by atoms with Gasteiger partial charge in [-0.05, 0) is 37.8 Å². The minimum absolute atomic E-state index is 0.0990. The maximum atomic E-state index is 6.40. The van der Waals surface area contributed by atoms with Crippen LogP contribution in [-0.2, 0) is 22.6 Å². The molecule has 138 valence electrons. The lowest BCUT2D eigenvalue weighted by atomic mass is 9.85. The van der Waals surface area contributed by atoms with Gasteiger partial charge in [-0.25, -0.2) is 9.97 Å². The lowest BCUT2D eigenvalue weighted by Gasteiger charge is -2.44. The second kappa shape index (κ2) is 7.82. The number of aryl methyl sites for hydroxylation is 1. The average Bonchev–Trinajstić information content (AvgIpc) is 3.13. The van der Waals surface area contributed by atoms with Gasteiger partial charge in [0, 0.05) is 32.4 Å². The van der Waals surface area contributed by atoms with Crippen LogP contribution in [0.5, 0.6) is 0 Å². The predicted octanol–water partition coefficient (Wildman–Crippen LogP) is 3.13. The molecule has 0 aliphatic carbocycles. The number of aromatic nitrogens is 2. The average molecular weight is 353 g/mol. The molecule has 5 heteroatoms. The van der Waals surface area contributed by atoms with Gasteiger partial charge in [0.2, 0.25) is 0 Å². The smallest absolute Gasteiger partial charge is 0.125 e. The first kappa shape index (κ1) is 17.6. The Morgan fingerprint density at radius 3 is 2.88 bits per heavy atom. The van der Waals surface area contributed by atoms with Gasteiger partial charge in [-0.15, -0.1) is 0 Å². The van der Waals surface area contributed by atoms with E-state index in [-0.39, 0.29) is 11.7 Å². The van der Waals surface area contributed by atoms with Gasteiger partial charge in [0.25, 0.3) is 0 Å². The van der Waals surface area contributed by atoms with Gasteiger partial charge in [0.05, 0.1) is 24.0 Å². The Morgan fingerprint density at radius 1 is 1.23 bits per heavy atom. The molecule has 4 rings (SSSR count). The maximum Gasteiger partial charge on any atom is 0.125 e. The highest BCUT2D eigenvalue weighted by atomic mass is 16.6. The van der Waals surface area contributed by atoms with Gasteiger partial charge in [-0.2, -0.15) is 0 Å². The van der Waals surface area contributed by atoms with Crippen LogP contribution in [0.1, 0.15) is 36.3 Å². The van der Waals surface area contributed by atoms with Gasteiger partial charge in [-0.1, -0.05) is 30.3 Å². The summed E-state index contributed by atoms with van der Waals surface area (Å²) in [5, 5.41) is 0. The number of hydrogen-bond acceptors (Lipinski definition) is 5. The van der Waals surface area contributed by atoms with Gasteiger partial charge in [-0.3, -0.25) is 4.90 Å². The normalized spacial score (nSPS) is 26.4. The van der Waals surface area contributed by atoms with Gasteiger partial charge >= 0.3 is 0 Å². The lowest BCUT2D eigenvalue weighted by Crippen LogP contribution is -2.56. The highest BCUT2D eigenvalue weighted by Crippen LogP contribution is 2.38. The van der Waals surface area contributed by atoms with E-state index in [1.165, 1.54) is 5.56 Å². The number of nitrogens with zero attached hydrogens (tertiary/aromatic N) is 3. The second-order valence-electron chi connectivity index (χ2n) is 7.38. The number of ether oxygens (including phenoxy) is 2. The molecule has 2 aliphatic heterocycles. The third-order valence-corrected chi connectivity index (χ3v) is 5.51. The van der Waals surface area contributed by atoms with Crippen LogP contribution in [0.15, 0.2) is 42.6 Å². The molecule has 26 heavy (non-hydrogen) atoms. The molecule has 0 unspecified atom stereocenters. The van der Waals surface area contributed by atoms with Crippen molar-refractivity contribution in [1.82, 2.24) is 14.9 Å². The zero-order valence-corrected chi connectivity index (χ0v) is 15.4. The van der Waals surface area contributed by atoms with Crippen molar-refractivity contribution < 1.29 is 9.47 Å². The fourth-order valence-corrected chi connectivity index (χ4v) is 4.11. The number of hydrogen-bond donors (Lipinski definition) is 0. The van der Waals surface area contributed by atoms with Crippen LogP contribution >= 0.6 is 0 Å². The maximum absolute atomic E-state index is 6.40. The first-order valence-electron chi connectivity index (χ1n) is 9.54. The van der Waals surface area contributed by atoms with Crippen LogP contribution in [0.25, 0.3) is 0 Å². The molecule has 2 fully saturated rings. The van der Waals surface area contributed by atoms with Crippen LogP contribution in [0.2, 0.25) is 0 Å². The van der Waals surface area contributed by atoms with E-state index in [1.807, 2.05) is 25.3 Å². The summed E-state index contributed by atoms with van der Waals surface area (Å²) in [6, 6.07) is 12.4. The molecule has 2 aliphatic rings. The summed E-state index contributed by atoms with van der Waals surface area (Å²) in [6.45, 7) is 6.18. The minimum Gasteiger partial charge on any atom is -0.372 e. The highest BCUT2D eigenvalue weighted by molar-refractivity contribution is 5.14. The van der Waals surface area contributed by atoms with Gasteiger partial charge < -0.3 is 9.47 Å². The Labute approximate surface area is 155 Å². The Hall–Kier alpha value is -1.82. The van der Waals surface area contributed by atoms with Crippen LogP contribution in [-0.4, -0.2) is 46.3 Å². The monoisotopic (exact) mass is 353 g/mol. The molecular weight excluding hydrogens is 326 g/mol. The molecule has 1 aromatic heterocycles. The summed E-state index contributed by atoms with van der Waals surface area (Å²) in [5.41, 5.74) is 2.18. The second-order valence-corrected chi connectivity index (χ2v) is 7.38. The molecule has 3 heterocycles. The van der Waals surface area contributed by atoms with Crippen LogP contribution in [0.4, 0.5) is 0 Å². The molecule has 1 spiro atoms.